The molecule has 1 heterocycles. The van der Waals surface area contributed by atoms with E-state index in [1.54, 1.807) is 7.11 Å². The summed E-state index contributed by atoms with van der Waals surface area (Å²) in [4.78, 5) is 0. The molecule has 0 aliphatic rings. The van der Waals surface area contributed by atoms with E-state index in [-0.39, 0.29) is 5.54 Å². The summed E-state index contributed by atoms with van der Waals surface area (Å²) in [5, 5.41) is 8.40. The third-order valence-electron chi connectivity index (χ3n) is 2.57. The van der Waals surface area contributed by atoms with Crippen LogP contribution in [0.2, 0.25) is 0 Å². The van der Waals surface area contributed by atoms with Gasteiger partial charge in [-0.25, -0.2) is 0 Å². The molecule has 0 fully saturated rings. The number of rotatable bonds is 5. The van der Waals surface area contributed by atoms with Gasteiger partial charge in [0.25, 0.3) is 0 Å². The largest absolute Gasteiger partial charge is 0.384 e. The normalized spacial score (nSPS) is 14.0. The zero-order valence-electron chi connectivity index (χ0n) is 11.3. The number of aromatic nitrogens is 3. The highest BCUT2D eigenvalue weighted by Gasteiger charge is 2.23. The van der Waals surface area contributed by atoms with E-state index in [0.717, 1.165) is 24.7 Å². The van der Waals surface area contributed by atoms with Crippen molar-refractivity contribution in [1.29, 1.82) is 0 Å². The van der Waals surface area contributed by atoms with Gasteiger partial charge in [0.05, 0.1) is 5.88 Å². The van der Waals surface area contributed by atoms with E-state index in [1.807, 2.05) is 0 Å². The van der Waals surface area contributed by atoms with Crippen LogP contribution in [-0.4, -0.2) is 28.5 Å². The zero-order valence-corrected chi connectivity index (χ0v) is 12.1. The number of ether oxygens (including phenoxy) is 1. The maximum atomic E-state index is 5.90. The Labute approximate surface area is 108 Å². The molecule has 0 amide bonds. The van der Waals surface area contributed by atoms with Crippen molar-refractivity contribution in [2.75, 3.05) is 13.7 Å². The molecular weight excluding hydrogens is 238 g/mol. The summed E-state index contributed by atoms with van der Waals surface area (Å²) in [5.41, 5.74) is -0.0458. The molecule has 0 aromatic carbocycles. The van der Waals surface area contributed by atoms with E-state index < -0.39 is 0 Å². The molecule has 0 radical (unpaired) electrons. The monoisotopic (exact) mass is 259 g/mol. The highest BCUT2D eigenvalue weighted by Crippen LogP contribution is 2.21. The second kappa shape index (κ2) is 5.83. The molecule has 0 spiro atoms. The lowest BCUT2D eigenvalue weighted by atomic mass is 10.1. The molecule has 17 heavy (non-hydrogen) atoms. The molecule has 0 saturated carbocycles. The summed E-state index contributed by atoms with van der Waals surface area (Å²) in [6.07, 6.45) is 0.856. The van der Waals surface area contributed by atoms with Gasteiger partial charge in [-0.2, -0.15) is 0 Å². The fourth-order valence-corrected chi connectivity index (χ4v) is 2.17. The molecule has 1 aromatic heterocycles. The number of nitrogens with zero attached hydrogens (tertiary/aromatic N) is 3. The van der Waals surface area contributed by atoms with Crippen LogP contribution < -0.4 is 0 Å². The van der Waals surface area contributed by atoms with E-state index in [4.69, 9.17) is 16.3 Å². The summed E-state index contributed by atoms with van der Waals surface area (Å²) >= 11 is 5.90. The fourth-order valence-electron chi connectivity index (χ4n) is 2.00. The molecule has 0 bridgehead atoms. The van der Waals surface area contributed by atoms with Crippen molar-refractivity contribution in [2.45, 2.75) is 45.5 Å². The van der Waals surface area contributed by atoms with Gasteiger partial charge >= 0.3 is 0 Å². The smallest absolute Gasteiger partial charge is 0.148 e. The minimum atomic E-state index is -0.0458. The van der Waals surface area contributed by atoms with Gasteiger partial charge in [0.2, 0.25) is 0 Å². The molecule has 98 valence electrons. The van der Waals surface area contributed by atoms with Crippen LogP contribution in [0.25, 0.3) is 0 Å². The minimum absolute atomic E-state index is 0.0458. The first kappa shape index (κ1) is 14.5. The fraction of sp³-hybridized carbons (Fsp3) is 0.833. The number of methoxy groups -OCH3 is 1. The Morgan fingerprint density at radius 1 is 1.29 bits per heavy atom. The molecule has 4 nitrogen and oxygen atoms in total. The third-order valence-corrected chi connectivity index (χ3v) is 2.81. The van der Waals surface area contributed by atoms with Gasteiger partial charge in [0, 0.05) is 25.7 Å². The molecule has 5 heteroatoms. The van der Waals surface area contributed by atoms with Crippen LogP contribution in [-0.2, 0) is 22.6 Å². The summed E-state index contributed by atoms with van der Waals surface area (Å²) < 4.78 is 7.28. The predicted molar refractivity (Wildman–Crippen MR) is 69.3 cm³/mol. The molecule has 1 rings (SSSR count). The Morgan fingerprint density at radius 3 is 2.35 bits per heavy atom. The van der Waals surface area contributed by atoms with Crippen molar-refractivity contribution in [1.82, 2.24) is 14.8 Å². The van der Waals surface area contributed by atoms with Crippen molar-refractivity contribution in [3.05, 3.63) is 11.6 Å². The van der Waals surface area contributed by atoms with E-state index in [1.165, 1.54) is 0 Å². The first-order chi connectivity index (χ1) is 7.90. The maximum Gasteiger partial charge on any atom is 0.148 e. The average molecular weight is 260 g/mol. The lowest BCUT2D eigenvalue weighted by Gasteiger charge is -2.25. The van der Waals surface area contributed by atoms with E-state index in [0.29, 0.717) is 11.8 Å². The van der Waals surface area contributed by atoms with E-state index >= 15 is 0 Å². The SMILES string of the molecule is COCC(C)Cc1nnc(CCl)n1C(C)(C)C. The highest BCUT2D eigenvalue weighted by molar-refractivity contribution is 6.16. The van der Waals surface area contributed by atoms with Crippen LogP contribution in [0.3, 0.4) is 0 Å². The van der Waals surface area contributed by atoms with Gasteiger partial charge in [0.15, 0.2) is 0 Å². The van der Waals surface area contributed by atoms with E-state index in [2.05, 4.69) is 42.5 Å². The van der Waals surface area contributed by atoms with Crippen LogP contribution in [0, 0.1) is 5.92 Å². The molecule has 1 aromatic rings. The molecular formula is C12H22ClN3O. The molecule has 0 N–H and O–H groups in total. The number of hydrogen-bond acceptors (Lipinski definition) is 3. The maximum absolute atomic E-state index is 5.90. The van der Waals surface area contributed by atoms with Crippen molar-refractivity contribution >= 4 is 11.6 Å². The summed E-state index contributed by atoms with van der Waals surface area (Å²) in [5.74, 6) is 2.63. The summed E-state index contributed by atoms with van der Waals surface area (Å²) in [7, 11) is 1.72. The van der Waals surface area contributed by atoms with Crippen molar-refractivity contribution in [3.8, 4) is 0 Å². The predicted octanol–water partition coefficient (Wildman–Crippen LogP) is 2.60. The van der Waals surface area contributed by atoms with Crippen LogP contribution in [0.5, 0.6) is 0 Å². The quantitative estimate of drug-likeness (QED) is 0.763. The Bertz CT molecular complexity index is 357. The Balaban J connectivity index is 2.96. The van der Waals surface area contributed by atoms with Gasteiger partial charge in [-0.15, -0.1) is 21.8 Å². The Hall–Kier alpha value is -0.610. The van der Waals surface area contributed by atoms with Gasteiger partial charge in [-0.05, 0) is 26.7 Å². The minimum Gasteiger partial charge on any atom is -0.384 e. The standard InChI is InChI=1S/C12H22ClN3O/c1-9(8-17-5)6-10-14-15-11(7-13)16(10)12(2,3)4/h9H,6-8H2,1-5H3. The lowest BCUT2D eigenvalue weighted by Crippen LogP contribution is -2.27. The zero-order chi connectivity index (χ0) is 13.1. The molecule has 0 aliphatic carbocycles. The van der Waals surface area contributed by atoms with Crippen LogP contribution >= 0.6 is 11.6 Å². The van der Waals surface area contributed by atoms with Crippen molar-refractivity contribution < 1.29 is 4.74 Å². The van der Waals surface area contributed by atoms with Crippen LogP contribution in [0.1, 0.15) is 39.3 Å². The van der Waals surface area contributed by atoms with Crippen LogP contribution in [0.4, 0.5) is 0 Å². The molecule has 0 saturated heterocycles. The summed E-state index contributed by atoms with van der Waals surface area (Å²) in [6.45, 7) is 9.28. The number of halogens is 1. The molecule has 1 atom stereocenters. The second-order valence-electron chi connectivity index (χ2n) is 5.44. The summed E-state index contributed by atoms with van der Waals surface area (Å²) in [6, 6.07) is 0. The Morgan fingerprint density at radius 2 is 1.88 bits per heavy atom. The first-order valence-electron chi connectivity index (χ1n) is 5.88. The molecule has 0 aliphatic heterocycles. The van der Waals surface area contributed by atoms with Gasteiger partial charge in [-0.1, -0.05) is 6.92 Å². The third kappa shape index (κ3) is 3.68. The van der Waals surface area contributed by atoms with Gasteiger partial charge in [0.1, 0.15) is 11.6 Å². The first-order valence-corrected chi connectivity index (χ1v) is 6.42. The lowest BCUT2D eigenvalue weighted by molar-refractivity contribution is 0.157. The van der Waals surface area contributed by atoms with Crippen molar-refractivity contribution in [2.24, 2.45) is 5.92 Å². The number of hydrogen-bond donors (Lipinski definition) is 0. The van der Waals surface area contributed by atoms with Crippen molar-refractivity contribution in [3.63, 3.8) is 0 Å². The Kier molecular flexibility index (Phi) is 4.95. The van der Waals surface area contributed by atoms with E-state index in [9.17, 15) is 0 Å². The molecule has 1 unspecified atom stereocenters. The second-order valence-corrected chi connectivity index (χ2v) is 5.70. The average Bonchev–Trinajstić information content (AvgIpc) is 2.60. The topological polar surface area (TPSA) is 39.9 Å². The van der Waals surface area contributed by atoms with Gasteiger partial charge in [-0.3, -0.25) is 0 Å². The van der Waals surface area contributed by atoms with Crippen LogP contribution in [0.15, 0.2) is 0 Å². The highest BCUT2D eigenvalue weighted by atomic mass is 35.5. The number of alkyl halides is 1. The van der Waals surface area contributed by atoms with Gasteiger partial charge < -0.3 is 9.30 Å².